The van der Waals surface area contributed by atoms with E-state index in [4.69, 9.17) is 0 Å². The summed E-state index contributed by atoms with van der Waals surface area (Å²) in [5, 5.41) is 3.34. The van der Waals surface area contributed by atoms with Crippen LogP contribution in [0.15, 0.2) is 90.5 Å². The Hall–Kier alpha value is -2.48. The normalized spacial score (nSPS) is 15.5. The summed E-state index contributed by atoms with van der Waals surface area (Å²) < 4.78 is 13.9. The molecule has 0 aromatic heterocycles. The van der Waals surface area contributed by atoms with Crippen LogP contribution in [-0.2, 0) is 4.57 Å². The molecule has 0 amide bonds. The number of nitrogens with one attached hydrogen (secondary N) is 1. The van der Waals surface area contributed by atoms with Crippen molar-refractivity contribution >= 4 is 34.6 Å². The zero-order chi connectivity index (χ0) is 19.6. The summed E-state index contributed by atoms with van der Waals surface area (Å²) in [6, 6.07) is 26.5. The van der Waals surface area contributed by atoms with Crippen molar-refractivity contribution in [3.63, 3.8) is 0 Å². The van der Waals surface area contributed by atoms with Gasteiger partial charge in [0.2, 0.25) is 7.29 Å². The van der Waals surface area contributed by atoms with E-state index in [1.807, 2.05) is 67.1 Å². The quantitative estimate of drug-likeness (QED) is 0.452. The van der Waals surface area contributed by atoms with Gasteiger partial charge in [-0.3, -0.25) is 4.57 Å². The molecule has 3 aromatic carbocycles. The second kappa shape index (κ2) is 7.87. The highest BCUT2D eigenvalue weighted by Crippen LogP contribution is 2.60. The molecule has 0 saturated heterocycles. The van der Waals surface area contributed by atoms with E-state index >= 15 is 0 Å². The van der Waals surface area contributed by atoms with Crippen LogP contribution in [0.2, 0.25) is 0 Å². The highest BCUT2D eigenvalue weighted by Gasteiger charge is 2.26. The molecule has 28 heavy (non-hydrogen) atoms. The molecule has 0 spiro atoms. The fourth-order valence-electron chi connectivity index (χ4n) is 3.22. The fourth-order valence-corrected chi connectivity index (χ4v) is 7.15. The van der Waals surface area contributed by atoms with E-state index in [0.29, 0.717) is 0 Å². The molecule has 4 heteroatoms. The number of hydrogen-bond donors (Lipinski definition) is 1. The first-order valence-corrected chi connectivity index (χ1v) is 11.9. The zero-order valence-corrected chi connectivity index (χ0v) is 17.6. The molecule has 0 unspecified atom stereocenters. The SMILES string of the molecule is Cc1ccc(NP2(=O)C=C(c3ccccc3)SC(c3ccccc3)=C2)c(C)c1. The van der Waals surface area contributed by atoms with Crippen LogP contribution >= 0.6 is 19.1 Å². The van der Waals surface area contributed by atoms with Crippen LogP contribution in [0.4, 0.5) is 5.69 Å². The first-order chi connectivity index (χ1) is 13.5. The second-order valence-electron chi connectivity index (χ2n) is 6.96. The molecule has 140 valence electrons. The number of rotatable bonds is 4. The maximum atomic E-state index is 13.9. The van der Waals surface area contributed by atoms with E-state index < -0.39 is 7.29 Å². The number of hydrogen-bond acceptors (Lipinski definition) is 2. The Morgan fingerprint density at radius 2 is 1.29 bits per heavy atom. The van der Waals surface area contributed by atoms with Crippen LogP contribution in [-0.4, -0.2) is 0 Å². The summed E-state index contributed by atoms with van der Waals surface area (Å²) in [5.74, 6) is 3.80. The molecule has 1 aliphatic rings. The minimum atomic E-state index is -2.92. The molecule has 0 bridgehead atoms. The van der Waals surface area contributed by atoms with Crippen LogP contribution in [0, 0.1) is 13.8 Å². The van der Waals surface area contributed by atoms with Gasteiger partial charge in [-0.1, -0.05) is 90.1 Å². The van der Waals surface area contributed by atoms with E-state index in [1.165, 1.54) is 5.56 Å². The van der Waals surface area contributed by atoms with Crippen LogP contribution in [0.25, 0.3) is 9.81 Å². The van der Waals surface area contributed by atoms with Crippen LogP contribution < -0.4 is 5.09 Å². The van der Waals surface area contributed by atoms with Gasteiger partial charge < -0.3 is 5.09 Å². The molecule has 2 nitrogen and oxygen atoms in total. The number of thioether (sulfide) groups is 1. The van der Waals surface area contributed by atoms with Crippen molar-refractivity contribution in [3.8, 4) is 0 Å². The van der Waals surface area contributed by atoms with Crippen molar-refractivity contribution in [1.29, 1.82) is 0 Å². The van der Waals surface area contributed by atoms with E-state index in [0.717, 1.165) is 32.2 Å². The summed E-state index contributed by atoms with van der Waals surface area (Å²) in [6.07, 6.45) is 0. The van der Waals surface area contributed by atoms with Gasteiger partial charge in [-0.25, -0.2) is 0 Å². The summed E-state index contributed by atoms with van der Waals surface area (Å²) in [7, 11) is -2.92. The van der Waals surface area contributed by atoms with E-state index in [9.17, 15) is 4.57 Å². The maximum absolute atomic E-state index is 13.9. The largest absolute Gasteiger partial charge is 0.330 e. The summed E-state index contributed by atoms with van der Waals surface area (Å²) >= 11 is 1.67. The highest BCUT2D eigenvalue weighted by molar-refractivity contribution is 8.17. The topological polar surface area (TPSA) is 29.1 Å². The van der Waals surface area contributed by atoms with Gasteiger partial charge >= 0.3 is 0 Å². The summed E-state index contributed by atoms with van der Waals surface area (Å²) in [4.78, 5) is 2.03. The van der Waals surface area contributed by atoms with E-state index in [-0.39, 0.29) is 0 Å². The molecule has 0 aliphatic carbocycles. The van der Waals surface area contributed by atoms with Crippen molar-refractivity contribution in [2.75, 3.05) is 5.09 Å². The first-order valence-electron chi connectivity index (χ1n) is 9.22. The van der Waals surface area contributed by atoms with Gasteiger partial charge in [-0.15, -0.1) is 0 Å². The monoisotopic (exact) mass is 403 g/mol. The van der Waals surface area contributed by atoms with Gasteiger partial charge in [0.15, 0.2) is 0 Å². The Balaban J connectivity index is 1.79. The van der Waals surface area contributed by atoms with E-state index in [1.54, 1.807) is 11.8 Å². The molecule has 0 atom stereocenters. The standard InChI is InChI=1S/C24H22NOPS/c1-18-13-14-22(19(2)15-18)25-27(26)16-23(20-9-5-3-6-10-20)28-24(17-27)21-11-7-4-8-12-21/h3-17H,1-2H3,(H,25,26). The Labute approximate surface area is 170 Å². The predicted octanol–water partition coefficient (Wildman–Crippen LogP) is 7.74. The minimum absolute atomic E-state index is 0.910. The second-order valence-corrected chi connectivity index (χ2v) is 10.2. The van der Waals surface area contributed by atoms with Crippen molar-refractivity contribution in [3.05, 3.63) is 113 Å². The zero-order valence-electron chi connectivity index (χ0n) is 15.9. The maximum Gasteiger partial charge on any atom is 0.215 e. The molecular weight excluding hydrogens is 381 g/mol. The number of anilines is 1. The van der Waals surface area contributed by atoms with Crippen molar-refractivity contribution in [2.45, 2.75) is 13.8 Å². The molecule has 0 radical (unpaired) electrons. The first kappa shape index (κ1) is 18.9. The van der Waals surface area contributed by atoms with Gasteiger partial charge in [0.25, 0.3) is 0 Å². The van der Waals surface area contributed by atoms with Crippen LogP contribution in [0.3, 0.4) is 0 Å². The van der Waals surface area contributed by atoms with E-state index in [2.05, 4.69) is 42.3 Å². The average molecular weight is 403 g/mol. The summed E-state index contributed by atoms with van der Waals surface area (Å²) in [6.45, 7) is 4.11. The predicted molar refractivity (Wildman–Crippen MR) is 124 cm³/mol. The Morgan fingerprint density at radius 3 is 1.79 bits per heavy atom. The summed E-state index contributed by atoms with van der Waals surface area (Å²) in [5.41, 5.74) is 5.36. The van der Waals surface area contributed by atoms with Gasteiger partial charge in [-0.05, 0) is 36.6 Å². The van der Waals surface area contributed by atoms with Gasteiger partial charge in [0, 0.05) is 27.1 Å². The lowest BCUT2D eigenvalue weighted by Gasteiger charge is -2.24. The molecular formula is C24H22NOPS. The third-order valence-electron chi connectivity index (χ3n) is 4.63. The van der Waals surface area contributed by atoms with Crippen molar-refractivity contribution in [2.24, 2.45) is 0 Å². The number of aryl methyl sites for hydroxylation is 2. The van der Waals surface area contributed by atoms with Crippen LogP contribution in [0.5, 0.6) is 0 Å². The average Bonchev–Trinajstić information content (AvgIpc) is 2.71. The third kappa shape index (κ3) is 4.16. The van der Waals surface area contributed by atoms with Crippen molar-refractivity contribution in [1.82, 2.24) is 0 Å². The molecule has 0 fully saturated rings. The van der Waals surface area contributed by atoms with Crippen molar-refractivity contribution < 1.29 is 4.57 Å². The lowest BCUT2D eigenvalue weighted by atomic mass is 10.1. The Bertz CT molecular complexity index is 1040. The Kier molecular flexibility index (Phi) is 5.30. The lowest BCUT2D eigenvalue weighted by molar-refractivity contribution is 0.589. The number of benzene rings is 3. The Morgan fingerprint density at radius 1 is 0.750 bits per heavy atom. The van der Waals surface area contributed by atoms with Crippen LogP contribution in [0.1, 0.15) is 22.3 Å². The highest BCUT2D eigenvalue weighted by atomic mass is 32.2. The molecule has 1 heterocycles. The van der Waals surface area contributed by atoms with Gasteiger partial charge in [0.05, 0.1) is 0 Å². The molecule has 1 aliphatic heterocycles. The fraction of sp³-hybridized carbons (Fsp3) is 0.0833. The molecule has 0 saturated carbocycles. The van der Waals surface area contributed by atoms with Gasteiger partial charge in [0.1, 0.15) is 0 Å². The van der Waals surface area contributed by atoms with Gasteiger partial charge in [-0.2, -0.15) is 0 Å². The smallest absolute Gasteiger partial charge is 0.215 e. The minimum Gasteiger partial charge on any atom is -0.330 e. The molecule has 1 N–H and O–H groups in total. The molecule has 4 rings (SSSR count). The lowest BCUT2D eigenvalue weighted by Crippen LogP contribution is -1.99. The third-order valence-corrected chi connectivity index (χ3v) is 8.00. The molecule has 3 aromatic rings.